The molecule has 0 aliphatic heterocycles. The lowest BCUT2D eigenvalue weighted by Crippen LogP contribution is -2.28. The van der Waals surface area contributed by atoms with Gasteiger partial charge in [0.15, 0.2) is 0 Å². The van der Waals surface area contributed by atoms with E-state index < -0.39 is 0 Å². The Labute approximate surface area is 105 Å². The minimum absolute atomic E-state index is 0. The lowest BCUT2D eigenvalue weighted by atomic mass is 9.93. The predicted octanol–water partition coefficient (Wildman–Crippen LogP) is 2.07. The highest BCUT2D eigenvalue weighted by Crippen LogP contribution is 2.31. The summed E-state index contributed by atoms with van der Waals surface area (Å²) in [6, 6.07) is 2.36. The van der Waals surface area contributed by atoms with Crippen LogP contribution in [0.3, 0.4) is 0 Å². The highest BCUT2D eigenvalue weighted by molar-refractivity contribution is 5.90. The van der Waals surface area contributed by atoms with E-state index in [4.69, 9.17) is 5.73 Å². The van der Waals surface area contributed by atoms with Crippen molar-refractivity contribution in [3.8, 4) is 0 Å². The molecule has 4 nitrogen and oxygen atoms in total. The molecule has 1 aliphatic rings. The summed E-state index contributed by atoms with van der Waals surface area (Å²) in [7, 11) is 1.91. The first-order chi connectivity index (χ1) is 7.68. The van der Waals surface area contributed by atoms with E-state index in [2.05, 4.69) is 0 Å². The molecule has 0 amide bonds. The molecule has 92 valence electrons. The summed E-state index contributed by atoms with van der Waals surface area (Å²) < 4.78 is 3.74. The van der Waals surface area contributed by atoms with E-state index in [1.54, 1.807) is 6.20 Å². The van der Waals surface area contributed by atoms with Crippen LogP contribution in [0, 0.1) is 0 Å². The van der Waals surface area contributed by atoms with Gasteiger partial charge in [-0.2, -0.15) is 0 Å². The van der Waals surface area contributed by atoms with E-state index in [0.29, 0.717) is 17.1 Å². The van der Waals surface area contributed by atoms with Gasteiger partial charge in [-0.05, 0) is 25.3 Å². The molecule has 2 aromatic rings. The highest BCUT2D eigenvalue weighted by Gasteiger charge is 2.21. The smallest absolute Gasteiger partial charge is 0.262 e. The molecule has 2 N–H and O–H groups in total. The van der Waals surface area contributed by atoms with Gasteiger partial charge in [0.05, 0.1) is 16.6 Å². The second-order valence-electron chi connectivity index (χ2n) is 4.57. The monoisotopic (exact) mass is 253 g/mol. The first-order valence-electron chi connectivity index (χ1n) is 5.64. The minimum atomic E-state index is 0. The number of pyridine rings is 1. The normalized spacial score (nSPS) is 15.6. The number of nitrogens with two attached hydrogens (primary N) is 1. The van der Waals surface area contributed by atoms with Gasteiger partial charge in [0.25, 0.3) is 5.56 Å². The lowest BCUT2D eigenvalue weighted by Gasteiger charge is -2.27. The van der Waals surface area contributed by atoms with E-state index in [1.807, 2.05) is 28.4 Å². The second kappa shape index (κ2) is 4.11. The molecule has 0 bridgehead atoms. The molecule has 1 fully saturated rings. The van der Waals surface area contributed by atoms with Gasteiger partial charge in [0.2, 0.25) is 0 Å². The summed E-state index contributed by atoms with van der Waals surface area (Å²) in [4.78, 5) is 12.3. The molecule has 0 saturated heterocycles. The van der Waals surface area contributed by atoms with Crippen LogP contribution in [-0.2, 0) is 7.05 Å². The lowest BCUT2D eigenvalue weighted by molar-refractivity contribution is 0.307. The van der Waals surface area contributed by atoms with Gasteiger partial charge in [0.1, 0.15) is 0 Å². The molecule has 0 spiro atoms. The van der Waals surface area contributed by atoms with Crippen molar-refractivity contribution in [3.05, 3.63) is 28.8 Å². The van der Waals surface area contributed by atoms with Gasteiger partial charge in [-0.15, -0.1) is 12.4 Å². The summed E-state index contributed by atoms with van der Waals surface area (Å²) in [6.07, 6.45) is 7.14. The molecule has 5 heteroatoms. The molecule has 1 aliphatic carbocycles. The zero-order chi connectivity index (χ0) is 11.3. The Morgan fingerprint density at radius 2 is 2.12 bits per heavy atom. The van der Waals surface area contributed by atoms with Crippen molar-refractivity contribution < 1.29 is 0 Å². The van der Waals surface area contributed by atoms with Crippen LogP contribution in [0.1, 0.15) is 25.3 Å². The maximum Gasteiger partial charge on any atom is 0.262 e. The zero-order valence-corrected chi connectivity index (χ0v) is 10.5. The molecule has 0 unspecified atom stereocenters. The van der Waals surface area contributed by atoms with Crippen LogP contribution < -0.4 is 11.3 Å². The van der Waals surface area contributed by atoms with Gasteiger partial charge in [-0.3, -0.25) is 4.79 Å². The average Bonchev–Trinajstić information content (AvgIpc) is 2.44. The fourth-order valence-corrected chi connectivity index (χ4v) is 2.40. The summed E-state index contributed by atoms with van der Waals surface area (Å²) in [5.41, 5.74) is 7.42. The molecular formula is C12H16ClN3O. The Bertz CT molecular complexity index is 610. The number of halogens is 1. The predicted molar refractivity (Wildman–Crippen MR) is 71.7 cm³/mol. The van der Waals surface area contributed by atoms with Crippen molar-refractivity contribution >= 4 is 29.0 Å². The topological polar surface area (TPSA) is 52.9 Å². The maximum absolute atomic E-state index is 12.3. The molecule has 3 rings (SSSR count). The van der Waals surface area contributed by atoms with Crippen LogP contribution in [0.25, 0.3) is 10.9 Å². The molecule has 2 heterocycles. The Kier molecular flexibility index (Phi) is 2.91. The molecule has 0 radical (unpaired) electrons. The van der Waals surface area contributed by atoms with Crippen LogP contribution in [0.5, 0.6) is 0 Å². The molecule has 1 saturated carbocycles. The van der Waals surface area contributed by atoms with Crippen molar-refractivity contribution in [2.45, 2.75) is 25.3 Å². The molecule has 17 heavy (non-hydrogen) atoms. The third-order valence-corrected chi connectivity index (χ3v) is 3.57. The largest absolute Gasteiger partial charge is 0.397 e. The number of hydrogen-bond donors (Lipinski definition) is 1. The van der Waals surface area contributed by atoms with Crippen LogP contribution in [0.4, 0.5) is 5.69 Å². The van der Waals surface area contributed by atoms with Gasteiger partial charge in [-0.1, -0.05) is 0 Å². The van der Waals surface area contributed by atoms with Crippen molar-refractivity contribution in [2.75, 3.05) is 5.73 Å². The Hall–Kier alpha value is -1.42. The van der Waals surface area contributed by atoms with Gasteiger partial charge < -0.3 is 14.9 Å². The highest BCUT2D eigenvalue weighted by atomic mass is 35.5. The summed E-state index contributed by atoms with van der Waals surface area (Å²) in [5, 5.41) is 0.664. The summed E-state index contributed by atoms with van der Waals surface area (Å²) >= 11 is 0. The number of nitrogen functional groups attached to an aromatic ring is 1. The number of hydrogen-bond acceptors (Lipinski definition) is 2. The van der Waals surface area contributed by atoms with Crippen molar-refractivity contribution in [2.24, 2.45) is 7.05 Å². The van der Waals surface area contributed by atoms with E-state index >= 15 is 0 Å². The van der Waals surface area contributed by atoms with E-state index in [1.165, 1.54) is 6.42 Å². The van der Waals surface area contributed by atoms with Crippen molar-refractivity contribution in [3.63, 3.8) is 0 Å². The quantitative estimate of drug-likeness (QED) is 0.846. The second-order valence-corrected chi connectivity index (χ2v) is 4.57. The number of aromatic nitrogens is 2. The maximum atomic E-state index is 12.3. The Morgan fingerprint density at radius 3 is 2.71 bits per heavy atom. The third kappa shape index (κ3) is 1.63. The zero-order valence-electron chi connectivity index (χ0n) is 9.72. The number of rotatable bonds is 1. The average molecular weight is 254 g/mol. The summed E-state index contributed by atoms with van der Waals surface area (Å²) in [5.74, 6) is 0. The van der Waals surface area contributed by atoms with Gasteiger partial charge >= 0.3 is 0 Å². The van der Waals surface area contributed by atoms with Crippen LogP contribution in [0.2, 0.25) is 0 Å². The first kappa shape index (κ1) is 12.0. The molecular weight excluding hydrogens is 238 g/mol. The molecule has 0 aromatic carbocycles. The molecule has 0 atom stereocenters. The number of nitrogens with zero attached hydrogens (tertiary/aromatic N) is 2. The molecule has 2 aromatic heterocycles. The van der Waals surface area contributed by atoms with Gasteiger partial charge in [-0.25, -0.2) is 0 Å². The fourth-order valence-electron chi connectivity index (χ4n) is 2.40. The number of aryl methyl sites for hydroxylation is 1. The van der Waals surface area contributed by atoms with Crippen molar-refractivity contribution in [1.29, 1.82) is 0 Å². The number of anilines is 1. The fraction of sp³-hybridized carbons (Fsp3) is 0.417. The minimum Gasteiger partial charge on any atom is -0.397 e. The standard InChI is InChI=1S/C12H15N3O.ClH/c1-14-7-9(13)11-10(14)5-6-15(12(11)16)8-3-2-4-8;/h5-8H,2-4,13H2,1H3;1H. The van der Waals surface area contributed by atoms with E-state index in [-0.39, 0.29) is 18.0 Å². The summed E-state index contributed by atoms with van der Waals surface area (Å²) in [6.45, 7) is 0. The third-order valence-electron chi connectivity index (χ3n) is 3.57. The number of fused-ring (bicyclic) bond motifs is 1. The van der Waals surface area contributed by atoms with E-state index in [0.717, 1.165) is 18.4 Å². The van der Waals surface area contributed by atoms with Crippen LogP contribution in [0.15, 0.2) is 23.3 Å². The SMILES string of the molecule is Cl.Cn1cc(N)c2c(=O)n(C3CCC3)ccc21. The van der Waals surface area contributed by atoms with Crippen molar-refractivity contribution in [1.82, 2.24) is 9.13 Å². The Balaban J connectivity index is 0.00000108. The Morgan fingerprint density at radius 1 is 1.41 bits per heavy atom. The van der Waals surface area contributed by atoms with Crippen LogP contribution in [-0.4, -0.2) is 9.13 Å². The van der Waals surface area contributed by atoms with E-state index in [9.17, 15) is 4.79 Å². The van der Waals surface area contributed by atoms with Crippen LogP contribution >= 0.6 is 12.4 Å². The first-order valence-corrected chi connectivity index (χ1v) is 5.64. The van der Waals surface area contributed by atoms with Gasteiger partial charge in [0, 0.05) is 25.5 Å².